The maximum atomic E-state index is 6.14. The Morgan fingerprint density at radius 1 is 1.20 bits per heavy atom. The number of hydrogen-bond donors (Lipinski definition) is 1. The van der Waals surface area contributed by atoms with E-state index in [1.807, 2.05) is 0 Å². The largest absolute Gasteiger partial charge is 0.381 e. The van der Waals surface area contributed by atoms with Crippen molar-refractivity contribution in [3.05, 3.63) is 0 Å². The van der Waals surface area contributed by atoms with Gasteiger partial charge in [0.15, 0.2) is 0 Å². The average molecular weight is 283 g/mol. The van der Waals surface area contributed by atoms with Crippen molar-refractivity contribution in [3.63, 3.8) is 0 Å². The Kier molecular flexibility index (Phi) is 6.31. The van der Waals surface area contributed by atoms with E-state index in [0.29, 0.717) is 6.04 Å². The van der Waals surface area contributed by atoms with Gasteiger partial charge in [-0.25, -0.2) is 0 Å². The van der Waals surface area contributed by atoms with Gasteiger partial charge in [-0.15, -0.1) is 0 Å². The van der Waals surface area contributed by atoms with Crippen LogP contribution in [0.5, 0.6) is 0 Å². The molecule has 0 aliphatic carbocycles. The summed E-state index contributed by atoms with van der Waals surface area (Å²) in [6, 6.07) is 0.675. The highest BCUT2D eigenvalue weighted by molar-refractivity contribution is 4.89. The summed E-state index contributed by atoms with van der Waals surface area (Å²) in [6.07, 6.45) is 7.37. The van der Waals surface area contributed by atoms with Gasteiger partial charge >= 0.3 is 0 Å². The van der Waals surface area contributed by atoms with Crippen molar-refractivity contribution in [2.75, 3.05) is 26.4 Å². The Morgan fingerprint density at radius 3 is 2.60 bits per heavy atom. The molecule has 0 saturated carbocycles. The first kappa shape index (κ1) is 16.3. The normalized spacial score (nSPS) is 27.9. The van der Waals surface area contributed by atoms with E-state index in [-0.39, 0.29) is 5.60 Å². The summed E-state index contributed by atoms with van der Waals surface area (Å²) in [7, 11) is 0. The molecule has 0 aromatic heterocycles. The monoisotopic (exact) mass is 283 g/mol. The molecule has 1 spiro atoms. The molecule has 0 aromatic rings. The number of ether oxygens (including phenoxy) is 2. The SMILES string of the molecule is CCNC(CCC1CCOC2(CCOCC2)C1)C(C)C. The zero-order chi connectivity index (χ0) is 14.4. The van der Waals surface area contributed by atoms with E-state index in [1.165, 1.54) is 25.7 Å². The van der Waals surface area contributed by atoms with Crippen LogP contribution in [0, 0.1) is 11.8 Å². The lowest BCUT2D eigenvalue weighted by molar-refractivity contribution is -0.147. The molecule has 0 radical (unpaired) electrons. The number of hydrogen-bond acceptors (Lipinski definition) is 3. The third-order valence-electron chi connectivity index (χ3n) is 5.16. The van der Waals surface area contributed by atoms with Crippen molar-refractivity contribution in [2.45, 2.75) is 70.9 Å². The molecule has 20 heavy (non-hydrogen) atoms. The minimum Gasteiger partial charge on any atom is -0.381 e. The summed E-state index contributed by atoms with van der Waals surface area (Å²) in [4.78, 5) is 0. The maximum Gasteiger partial charge on any atom is 0.0729 e. The molecule has 2 aliphatic heterocycles. The lowest BCUT2D eigenvalue weighted by Crippen LogP contribution is -2.44. The second kappa shape index (κ2) is 7.77. The molecular weight excluding hydrogens is 250 g/mol. The fraction of sp³-hybridized carbons (Fsp3) is 1.00. The Bertz CT molecular complexity index is 269. The lowest BCUT2D eigenvalue weighted by Gasteiger charge is -2.43. The van der Waals surface area contributed by atoms with Crippen LogP contribution in [0.15, 0.2) is 0 Å². The molecule has 2 heterocycles. The smallest absolute Gasteiger partial charge is 0.0729 e. The molecule has 2 atom stereocenters. The summed E-state index contributed by atoms with van der Waals surface area (Å²) >= 11 is 0. The first-order valence-corrected chi connectivity index (χ1v) is 8.60. The summed E-state index contributed by atoms with van der Waals surface area (Å²) in [5, 5.41) is 3.64. The molecule has 3 heteroatoms. The Balaban J connectivity index is 1.80. The first-order chi connectivity index (χ1) is 9.65. The zero-order valence-electron chi connectivity index (χ0n) is 13.6. The molecule has 2 rings (SSSR count). The number of rotatable bonds is 6. The van der Waals surface area contributed by atoms with Gasteiger partial charge in [0, 0.05) is 25.9 Å². The molecule has 2 unspecified atom stereocenters. The van der Waals surface area contributed by atoms with Crippen LogP contribution in [0.3, 0.4) is 0 Å². The van der Waals surface area contributed by atoms with E-state index in [9.17, 15) is 0 Å². The van der Waals surface area contributed by atoms with Crippen LogP contribution in [0.2, 0.25) is 0 Å². The molecular formula is C17H33NO2. The molecule has 3 nitrogen and oxygen atoms in total. The second-order valence-corrected chi connectivity index (χ2v) is 6.99. The van der Waals surface area contributed by atoms with Crippen LogP contribution < -0.4 is 5.32 Å². The van der Waals surface area contributed by atoms with Crippen molar-refractivity contribution >= 4 is 0 Å². The third-order valence-corrected chi connectivity index (χ3v) is 5.16. The average Bonchev–Trinajstić information content (AvgIpc) is 2.44. The van der Waals surface area contributed by atoms with Crippen molar-refractivity contribution in [1.82, 2.24) is 5.32 Å². The predicted octanol–water partition coefficient (Wildman–Crippen LogP) is 3.38. The van der Waals surface area contributed by atoms with Crippen LogP contribution in [0.25, 0.3) is 0 Å². The lowest BCUT2D eigenvalue weighted by atomic mass is 9.78. The van der Waals surface area contributed by atoms with E-state index >= 15 is 0 Å². The van der Waals surface area contributed by atoms with E-state index in [0.717, 1.165) is 51.0 Å². The molecule has 118 valence electrons. The molecule has 1 N–H and O–H groups in total. The van der Waals surface area contributed by atoms with Crippen molar-refractivity contribution in [1.29, 1.82) is 0 Å². The molecule has 2 fully saturated rings. The Morgan fingerprint density at radius 2 is 1.95 bits per heavy atom. The highest BCUT2D eigenvalue weighted by Crippen LogP contribution is 2.38. The second-order valence-electron chi connectivity index (χ2n) is 6.99. The van der Waals surface area contributed by atoms with E-state index in [2.05, 4.69) is 26.1 Å². The van der Waals surface area contributed by atoms with Crippen LogP contribution in [0.4, 0.5) is 0 Å². The van der Waals surface area contributed by atoms with Gasteiger partial charge in [-0.2, -0.15) is 0 Å². The van der Waals surface area contributed by atoms with E-state index in [1.54, 1.807) is 0 Å². The Labute approximate surface area is 124 Å². The fourth-order valence-electron chi connectivity index (χ4n) is 3.82. The molecule has 0 amide bonds. The van der Waals surface area contributed by atoms with Gasteiger partial charge in [0.1, 0.15) is 0 Å². The Hall–Kier alpha value is -0.120. The van der Waals surface area contributed by atoms with Crippen LogP contribution in [-0.4, -0.2) is 38.0 Å². The highest BCUT2D eigenvalue weighted by Gasteiger charge is 2.38. The van der Waals surface area contributed by atoms with Gasteiger partial charge in [0.05, 0.1) is 5.60 Å². The van der Waals surface area contributed by atoms with Gasteiger partial charge < -0.3 is 14.8 Å². The highest BCUT2D eigenvalue weighted by atomic mass is 16.5. The topological polar surface area (TPSA) is 30.5 Å². The first-order valence-electron chi connectivity index (χ1n) is 8.60. The summed E-state index contributed by atoms with van der Waals surface area (Å²) in [5.74, 6) is 1.58. The predicted molar refractivity (Wildman–Crippen MR) is 83.0 cm³/mol. The van der Waals surface area contributed by atoms with Crippen molar-refractivity contribution in [2.24, 2.45) is 11.8 Å². The van der Waals surface area contributed by atoms with Gasteiger partial charge in [-0.1, -0.05) is 20.8 Å². The number of nitrogens with one attached hydrogen (secondary N) is 1. The standard InChI is InChI=1S/C17H33NO2/c1-4-18-16(14(2)3)6-5-15-7-10-20-17(13-15)8-11-19-12-9-17/h14-16,18H,4-13H2,1-3H3. The van der Waals surface area contributed by atoms with E-state index in [4.69, 9.17) is 9.47 Å². The molecule has 0 aromatic carbocycles. The van der Waals surface area contributed by atoms with Crippen molar-refractivity contribution in [3.8, 4) is 0 Å². The summed E-state index contributed by atoms with van der Waals surface area (Å²) < 4.78 is 11.6. The minimum absolute atomic E-state index is 0.159. The van der Waals surface area contributed by atoms with E-state index < -0.39 is 0 Å². The quantitative estimate of drug-likeness (QED) is 0.810. The van der Waals surface area contributed by atoms with Crippen molar-refractivity contribution < 1.29 is 9.47 Å². The zero-order valence-corrected chi connectivity index (χ0v) is 13.6. The molecule has 2 aliphatic rings. The minimum atomic E-state index is 0.159. The summed E-state index contributed by atoms with van der Waals surface area (Å²) in [5.41, 5.74) is 0.159. The van der Waals surface area contributed by atoms with Crippen LogP contribution in [-0.2, 0) is 9.47 Å². The molecule has 0 bridgehead atoms. The van der Waals surface area contributed by atoms with Crippen LogP contribution in [0.1, 0.15) is 59.3 Å². The summed E-state index contributed by atoms with van der Waals surface area (Å²) in [6.45, 7) is 10.7. The van der Waals surface area contributed by atoms with Gasteiger partial charge in [0.2, 0.25) is 0 Å². The van der Waals surface area contributed by atoms with Crippen LogP contribution >= 0.6 is 0 Å². The third kappa shape index (κ3) is 4.44. The molecule has 2 saturated heterocycles. The fourth-order valence-corrected chi connectivity index (χ4v) is 3.82. The van der Waals surface area contributed by atoms with Gasteiger partial charge in [0.25, 0.3) is 0 Å². The van der Waals surface area contributed by atoms with Gasteiger partial charge in [-0.05, 0) is 56.9 Å². The maximum absolute atomic E-state index is 6.14. The van der Waals surface area contributed by atoms with Gasteiger partial charge in [-0.3, -0.25) is 0 Å².